The second-order valence-corrected chi connectivity index (χ2v) is 8.07. The first-order chi connectivity index (χ1) is 14.7. The van der Waals surface area contributed by atoms with Gasteiger partial charge in [0.1, 0.15) is 17.1 Å². The second kappa shape index (κ2) is 7.82. The van der Waals surface area contributed by atoms with Gasteiger partial charge in [-0.1, -0.05) is 48.5 Å². The minimum absolute atomic E-state index is 0.496. The van der Waals surface area contributed by atoms with E-state index >= 15 is 0 Å². The Kier molecular flexibility index (Phi) is 4.87. The van der Waals surface area contributed by atoms with Crippen molar-refractivity contribution in [2.45, 2.75) is 13.3 Å². The van der Waals surface area contributed by atoms with Crippen LogP contribution in [0.1, 0.15) is 12.0 Å². The molecule has 1 fully saturated rings. The Bertz CT molecular complexity index is 1170. The predicted octanol–water partition coefficient (Wildman–Crippen LogP) is 4.85. The van der Waals surface area contributed by atoms with Crippen LogP contribution in [0.5, 0.6) is 5.75 Å². The summed E-state index contributed by atoms with van der Waals surface area (Å²) in [6.45, 7) is 4.75. The molecule has 1 aliphatic rings. The van der Waals surface area contributed by atoms with Gasteiger partial charge < -0.3 is 14.2 Å². The standard InChI is InChI=1S/C25H26N4O/c1-18-8-6-7-11-23(18)30-17-19-12-13-29(16-19)24-15-26-21-14-22(28(2)25(21)27-24)20-9-4-3-5-10-20/h3-11,14-15,19H,12-13,16-17H2,1-2H3. The number of para-hydroxylation sites is 1. The molecule has 5 nitrogen and oxygen atoms in total. The fourth-order valence-electron chi connectivity index (χ4n) is 4.21. The number of hydrogen-bond acceptors (Lipinski definition) is 4. The quantitative estimate of drug-likeness (QED) is 0.482. The summed E-state index contributed by atoms with van der Waals surface area (Å²) in [5.74, 6) is 2.42. The zero-order valence-corrected chi connectivity index (χ0v) is 17.5. The Hall–Kier alpha value is -3.34. The van der Waals surface area contributed by atoms with Crippen molar-refractivity contribution in [3.05, 3.63) is 72.4 Å². The fourth-order valence-corrected chi connectivity index (χ4v) is 4.21. The van der Waals surface area contributed by atoms with E-state index < -0.39 is 0 Å². The topological polar surface area (TPSA) is 43.2 Å². The molecule has 30 heavy (non-hydrogen) atoms. The zero-order valence-electron chi connectivity index (χ0n) is 17.5. The molecule has 0 aliphatic carbocycles. The van der Waals surface area contributed by atoms with E-state index in [1.54, 1.807) is 0 Å². The third-order valence-corrected chi connectivity index (χ3v) is 5.97. The number of nitrogens with zero attached hydrogens (tertiary/aromatic N) is 4. The van der Waals surface area contributed by atoms with Gasteiger partial charge in [0.25, 0.3) is 0 Å². The monoisotopic (exact) mass is 398 g/mol. The summed E-state index contributed by atoms with van der Waals surface area (Å²) in [5.41, 5.74) is 5.34. The normalized spacial score (nSPS) is 16.3. The van der Waals surface area contributed by atoms with Gasteiger partial charge in [-0.15, -0.1) is 0 Å². The van der Waals surface area contributed by atoms with Gasteiger partial charge in [0, 0.05) is 26.1 Å². The summed E-state index contributed by atoms with van der Waals surface area (Å²) in [4.78, 5) is 12.0. The van der Waals surface area contributed by atoms with Gasteiger partial charge >= 0.3 is 0 Å². The van der Waals surface area contributed by atoms with Crippen LogP contribution in [-0.2, 0) is 7.05 Å². The van der Waals surface area contributed by atoms with E-state index in [0.717, 1.165) is 54.5 Å². The first-order valence-electron chi connectivity index (χ1n) is 10.5. The molecule has 0 amide bonds. The summed E-state index contributed by atoms with van der Waals surface area (Å²) in [6.07, 6.45) is 3.01. The van der Waals surface area contributed by atoms with Crippen LogP contribution in [0.3, 0.4) is 0 Å². The molecule has 2 aromatic heterocycles. The molecule has 0 spiro atoms. The third kappa shape index (κ3) is 3.52. The molecule has 4 aromatic rings. The first kappa shape index (κ1) is 18.7. The lowest BCUT2D eigenvalue weighted by molar-refractivity contribution is 0.259. The molecule has 2 aromatic carbocycles. The van der Waals surface area contributed by atoms with Crippen LogP contribution in [0.4, 0.5) is 5.82 Å². The van der Waals surface area contributed by atoms with Crippen LogP contribution in [0, 0.1) is 12.8 Å². The maximum Gasteiger partial charge on any atom is 0.161 e. The van der Waals surface area contributed by atoms with Crippen molar-refractivity contribution >= 4 is 17.0 Å². The van der Waals surface area contributed by atoms with Crippen LogP contribution in [-0.4, -0.2) is 34.2 Å². The lowest BCUT2D eigenvalue weighted by Gasteiger charge is -2.18. The summed E-state index contributed by atoms with van der Waals surface area (Å²) in [7, 11) is 2.06. The lowest BCUT2D eigenvalue weighted by atomic mass is 10.1. The van der Waals surface area contributed by atoms with Crippen LogP contribution < -0.4 is 9.64 Å². The number of benzene rings is 2. The highest BCUT2D eigenvalue weighted by atomic mass is 16.5. The van der Waals surface area contributed by atoms with Crippen LogP contribution in [0.25, 0.3) is 22.4 Å². The molecule has 152 valence electrons. The molecule has 5 heteroatoms. The lowest BCUT2D eigenvalue weighted by Crippen LogP contribution is -2.23. The molecule has 1 saturated heterocycles. The summed E-state index contributed by atoms with van der Waals surface area (Å²) in [5, 5.41) is 0. The number of fused-ring (bicyclic) bond motifs is 1. The molecule has 0 saturated carbocycles. The van der Waals surface area contributed by atoms with E-state index in [4.69, 9.17) is 14.7 Å². The Labute approximate surface area is 177 Å². The highest BCUT2D eigenvalue weighted by molar-refractivity contribution is 5.81. The molecule has 0 bridgehead atoms. The number of anilines is 1. The molecule has 0 radical (unpaired) electrons. The number of aryl methyl sites for hydroxylation is 2. The van der Waals surface area contributed by atoms with E-state index in [2.05, 4.69) is 59.8 Å². The van der Waals surface area contributed by atoms with Crippen LogP contribution in [0.15, 0.2) is 66.9 Å². The fraction of sp³-hybridized carbons (Fsp3) is 0.280. The van der Waals surface area contributed by atoms with Gasteiger partial charge in [0.2, 0.25) is 0 Å². The number of aromatic nitrogens is 3. The first-order valence-corrected chi connectivity index (χ1v) is 10.5. The summed E-state index contributed by atoms with van der Waals surface area (Å²) >= 11 is 0. The molecule has 3 heterocycles. The average Bonchev–Trinajstić information content (AvgIpc) is 3.38. The third-order valence-electron chi connectivity index (χ3n) is 5.97. The zero-order chi connectivity index (χ0) is 20.5. The Morgan fingerprint density at radius 1 is 1.07 bits per heavy atom. The Morgan fingerprint density at radius 3 is 2.70 bits per heavy atom. The largest absolute Gasteiger partial charge is 0.493 e. The Morgan fingerprint density at radius 2 is 1.87 bits per heavy atom. The molecular formula is C25H26N4O. The molecule has 1 unspecified atom stereocenters. The Balaban J connectivity index is 1.32. The van der Waals surface area contributed by atoms with Gasteiger partial charge in [-0.3, -0.25) is 0 Å². The van der Waals surface area contributed by atoms with Crippen molar-refractivity contribution in [3.63, 3.8) is 0 Å². The molecular weight excluding hydrogens is 372 g/mol. The van der Waals surface area contributed by atoms with Crippen molar-refractivity contribution in [2.24, 2.45) is 13.0 Å². The van der Waals surface area contributed by atoms with Crippen molar-refractivity contribution in [2.75, 3.05) is 24.6 Å². The maximum atomic E-state index is 6.08. The van der Waals surface area contributed by atoms with Crippen molar-refractivity contribution in [1.29, 1.82) is 0 Å². The molecule has 1 aliphatic heterocycles. The van der Waals surface area contributed by atoms with E-state index in [0.29, 0.717) is 5.92 Å². The average molecular weight is 399 g/mol. The van der Waals surface area contributed by atoms with Crippen LogP contribution in [0.2, 0.25) is 0 Å². The van der Waals surface area contributed by atoms with E-state index in [-0.39, 0.29) is 0 Å². The molecule has 1 atom stereocenters. The minimum Gasteiger partial charge on any atom is -0.493 e. The van der Waals surface area contributed by atoms with E-state index in [1.165, 1.54) is 11.1 Å². The second-order valence-electron chi connectivity index (χ2n) is 8.07. The van der Waals surface area contributed by atoms with Gasteiger partial charge in [0.15, 0.2) is 5.65 Å². The highest BCUT2D eigenvalue weighted by Crippen LogP contribution is 2.28. The number of rotatable bonds is 5. The summed E-state index contributed by atoms with van der Waals surface area (Å²) in [6, 6.07) is 20.7. The molecule has 0 N–H and O–H groups in total. The van der Waals surface area contributed by atoms with Crippen molar-refractivity contribution < 1.29 is 4.74 Å². The highest BCUT2D eigenvalue weighted by Gasteiger charge is 2.25. The number of ether oxygens (including phenoxy) is 1. The molecule has 5 rings (SSSR count). The maximum absolute atomic E-state index is 6.08. The SMILES string of the molecule is Cc1ccccc1OCC1CCN(c2cnc3cc(-c4ccccc4)n(C)c3n2)C1. The van der Waals surface area contributed by atoms with Gasteiger partial charge in [0.05, 0.1) is 18.5 Å². The van der Waals surface area contributed by atoms with Crippen LogP contribution >= 0.6 is 0 Å². The minimum atomic E-state index is 0.496. The van der Waals surface area contributed by atoms with E-state index in [1.807, 2.05) is 30.5 Å². The van der Waals surface area contributed by atoms with E-state index in [9.17, 15) is 0 Å². The van der Waals surface area contributed by atoms with Gasteiger partial charge in [-0.2, -0.15) is 0 Å². The number of hydrogen-bond donors (Lipinski definition) is 0. The smallest absolute Gasteiger partial charge is 0.161 e. The predicted molar refractivity (Wildman–Crippen MR) is 121 cm³/mol. The van der Waals surface area contributed by atoms with Gasteiger partial charge in [-0.25, -0.2) is 9.97 Å². The van der Waals surface area contributed by atoms with Crippen molar-refractivity contribution in [1.82, 2.24) is 14.5 Å². The van der Waals surface area contributed by atoms with Gasteiger partial charge in [-0.05, 0) is 36.6 Å². The summed E-state index contributed by atoms with van der Waals surface area (Å²) < 4.78 is 8.21. The van der Waals surface area contributed by atoms with Crippen molar-refractivity contribution in [3.8, 4) is 17.0 Å².